The summed E-state index contributed by atoms with van der Waals surface area (Å²) in [5.41, 5.74) is 1.01. The number of hydrogen-bond donors (Lipinski definition) is 0. The zero-order chi connectivity index (χ0) is 37.8. The fraction of sp³-hybridized carbons (Fsp3) is 0.143. The second-order valence-electron chi connectivity index (χ2n) is 10.7. The Morgan fingerprint density at radius 2 is 0.654 bits per heavy atom. The molecule has 5 aromatic rings. The van der Waals surface area contributed by atoms with E-state index < -0.39 is 38.2 Å². The Balaban J connectivity index is 0. The van der Waals surface area contributed by atoms with Crippen molar-refractivity contribution in [1.82, 2.24) is 0 Å². The van der Waals surface area contributed by atoms with E-state index in [0.717, 1.165) is 5.56 Å². The molecule has 5 atom stereocenters. The monoisotopic (exact) mass is 839 g/mol. The van der Waals surface area contributed by atoms with Gasteiger partial charge in [0, 0.05) is 29.5 Å². The Labute approximate surface area is 354 Å². The predicted octanol–water partition coefficient (Wildman–Crippen LogP) is 3.87. The molecule has 5 aromatic carbocycles. The molecule has 0 aliphatic carbocycles. The first-order valence-corrected chi connectivity index (χ1v) is 23.8. The van der Waals surface area contributed by atoms with Crippen molar-refractivity contribution in [2.75, 3.05) is 26.7 Å². The minimum Gasteiger partial charge on any atom is -0.796 e. The van der Waals surface area contributed by atoms with E-state index >= 15 is 0 Å². The smallest absolute Gasteiger partial charge is 0.796 e. The SMILES string of the molecule is CP(=O)([O-])c1ccccc1.CP(=O)([O-])c1ccccc1.CP(=O)([O-])c1ccccc1.CP(=O)([O-])c1ccccc1.Cc1ccccc1O[PH+]=O.[Ca+2].[Mg+2]. The number of benzene rings is 5. The van der Waals surface area contributed by atoms with Crippen molar-refractivity contribution < 1.29 is 46.9 Å². The van der Waals surface area contributed by atoms with E-state index in [4.69, 9.17) is 4.52 Å². The maximum Gasteiger partial charge on any atom is 2.00 e. The van der Waals surface area contributed by atoms with Crippen LogP contribution in [0.4, 0.5) is 0 Å². The summed E-state index contributed by atoms with van der Waals surface area (Å²) in [7, 11) is -13.8. The summed E-state index contributed by atoms with van der Waals surface area (Å²) in [6.07, 6.45) is 0. The molecule has 0 spiro atoms. The Hall–Kier alpha value is -1.21. The average molecular weight is 840 g/mol. The molecule has 0 saturated carbocycles. The van der Waals surface area contributed by atoms with Crippen LogP contribution in [0, 0.1) is 6.92 Å². The van der Waals surface area contributed by atoms with Crippen molar-refractivity contribution in [2.24, 2.45) is 0 Å². The molecule has 0 N–H and O–H groups in total. The molecule has 0 amide bonds. The van der Waals surface area contributed by atoms with Crippen molar-refractivity contribution in [2.45, 2.75) is 6.92 Å². The summed E-state index contributed by atoms with van der Waals surface area (Å²) in [5, 5.41) is 1.59. The normalized spacial score (nSPS) is 14.3. The van der Waals surface area contributed by atoms with E-state index in [2.05, 4.69) is 0 Å². The van der Waals surface area contributed by atoms with Crippen LogP contribution < -0.4 is 45.3 Å². The van der Waals surface area contributed by atoms with E-state index in [0.29, 0.717) is 27.0 Å². The Morgan fingerprint density at radius 3 is 0.827 bits per heavy atom. The van der Waals surface area contributed by atoms with Crippen LogP contribution in [0.15, 0.2) is 146 Å². The van der Waals surface area contributed by atoms with Gasteiger partial charge in [-0.05, 0) is 71.0 Å². The van der Waals surface area contributed by atoms with Gasteiger partial charge in [0.2, 0.25) is 0 Å². The van der Waals surface area contributed by atoms with Crippen LogP contribution in [0.25, 0.3) is 0 Å². The second kappa shape index (κ2) is 26.6. The third-order valence-corrected chi connectivity index (χ3v) is 11.4. The van der Waals surface area contributed by atoms with E-state index in [1.54, 1.807) is 127 Å². The Kier molecular flexibility index (Phi) is 27.0. The van der Waals surface area contributed by atoms with Gasteiger partial charge in [-0.3, -0.25) is 4.52 Å². The molecule has 0 radical (unpaired) electrons. The van der Waals surface area contributed by atoms with Crippen molar-refractivity contribution in [3.8, 4) is 5.75 Å². The molecule has 10 nitrogen and oxygen atoms in total. The van der Waals surface area contributed by atoms with E-state index in [-0.39, 0.29) is 60.8 Å². The fourth-order valence-electron chi connectivity index (χ4n) is 3.51. The summed E-state index contributed by atoms with van der Waals surface area (Å²) in [6.45, 7) is 6.81. The molecule has 268 valence electrons. The van der Waals surface area contributed by atoms with Gasteiger partial charge in [-0.15, -0.1) is 0 Å². The molecule has 0 fully saturated rings. The summed E-state index contributed by atoms with van der Waals surface area (Å²) < 4.78 is 58.3. The zero-order valence-electron chi connectivity index (χ0n) is 29.6. The van der Waals surface area contributed by atoms with Crippen molar-refractivity contribution in [3.05, 3.63) is 151 Å². The van der Waals surface area contributed by atoms with Gasteiger partial charge >= 0.3 is 69.5 Å². The van der Waals surface area contributed by atoms with Crippen LogP contribution in [-0.4, -0.2) is 87.5 Å². The molecule has 5 unspecified atom stereocenters. The van der Waals surface area contributed by atoms with Crippen molar-refractivity contribution in [3.63, 3.8) is 0 Å². The number of para-hydroxylation sites is 1. The maximum atomic E-state index is 10.9. The minimum atomic E-state index is -3.27. The number of hydrogen-bond acceptors (Lipinski definition) is 10. The molecule has 5 rings (SSSR count). The Bertz CT molecular complexity index is 1670. The molecule has 0 aliphatic rings. The van der Waals surface area contributed by atoms with E-state index in [1.807, 2.05) is 25.1 Å². The molecule has 0 saturated heterocycles. The van der Waals surface area contributed by atoms with Gasteiger partial charge in [0.25, 0.3) is 0 Å². The molecule has 52 heavy (non-hydrogen) atoms. The van der Waals surface area contributed by atoms with Gasteiger partial charge in [0.15, 0.2) is 5.75 Å². The molecular formula is C35H40CaMgO10P5+. The molecule has 0 aliphatic heterocycles. The third-order valence-electron chi connectivity index (χ3n) is 6.15. The van der Waals surface area contributed by atoms with Crippen LogP contribution in [0.2, 0.25) is 0 Å². The quantitative estimate of drug-likeness (QED) is 0.180. The van der Waals surface area contributed by atoms with Crippen LogP contribution in [0.5, 0.6) is 5.75 Å². The summed E-state index contributed by atoms with van der Waals surface area (Å²) in [6, 6.07) is 41.1. The zero-order valence-corrected chi connectivity index (χ0v) is 37.8. The standard InChI is InChI=1S/4C7H9O2P.C7H8O2P.Ca.Mg/c4*1-10(8,9)7-5-3-2-4-6-7;1-6-4-2-3-5-7(6)9-10-8;;/h4*2-6H,1H3,(H,8,9);2-5,10H,1H3;;/q;;;;+1;2*+2/p-4. The predicted molar refractivity (Wildman–Crippen MR) is 211 cm³/mol. The number of rotatable bonds is 6. The topological polar surface area (TPSA) is 187 Å². The number of aryl methyl sites for hydroxylation is 1. The van der Waals surface area contributed by atoms with E-state index in [1.165, 1.54) is 26.7 Å². The maximum absolute atomic E-state index is 10.9. The van der Waals surface area contributed by atoms with Gasteiger partial charge in [-0.1, -0.05) is 140 Å². The largest absolute Gasteiger partial charge is 2.00 e. The van der Waals surface area contributed by atoms with Gasteiger partial charge < -0.3 is 37.8 Å². The molecular weight excluding hydrogens is 800 g/mol. The van der Waals surface area contributed by atoms with E-state index in [9.17, 15) is 42.4 Å². The average Bonchev–Trinajstić information content (AvgIpc) is 3.07. The summed E-state index contributed by atoms with van der Waals surface area (Å²) >= 11 is 0. The van der Waals surface area contributed by atoms with Crippen LogP contribution in [-0.2, 0) is 22.8 Å². The molecule has 0 heterocycles. The van der Waals surface area contributed by atoms with Gasteiger partial charge in [0.05, 0.1) is 0 Å². The first-order chi connectivity index (χ1) is 23.3. The molecule has 0 aromatic heterocycles. The Morgan fingerprint density at radius 1 is 0.442 bits per heavy atom. The van der Waals surface area contributed by atoms with Gasteiger partial charge in [-0.2, -0.15) is 0 Å². The van der Waals surface area contributed by atoms with Crippen molar-refractivity contribution in [1.29, 1.82) is 0 Å². The van der Waals surface area contributed by atoms with Gasteiger partial charge in [0.1, 0.15) is 0 Å². The molecule has 17 heteroatoms. The second-order valence-corrected chi connectivity index (χ2v) is 19.9. The molecule has 0 bridgehead atoms. The van der Waals surface area contributed by atoms with Crippen LogP contribution in [0.1, 0.15) is 5.56 Å². The van der Waals surface area contributed by atoms with Crippen LogP contribution in [0.3, 0.4) is 0 Å². The third kappa shape index (κ3) is 23.5. The first-order valence-electron chi connectivity index (χ1n) is 14.7. The van der Waals surface area contributed by atoms with Crippen LogP contribution >= 0.6 is 38.2 Å². The summed E-state index contributed by atoms with van der Waals surface area (Å²) in [4.78, 5) is 43.4. The van der Waals surface area contributed by atoms with Crippen molar-refractivity contribution >= 4 is 120 Å². The summed E-state index contributed by atoms with van der Waals surface area (Å²) in [5.74, 6) is 0.691. The fourth-order valence-corrected chi connectivity index (χ4v) is 6.68. The minimum absolute atomic E-state index is 0. The first kappa shape index (κ1) is 52.9. The van der Waals surface area contributed by atoms with Gasteiger partial charge in [-0.25, -0.2) is 0 Å².